The molecule has 19 heavy (non-hydrogen) atoms. The number of nitrogen functional groups attached to an aromatic ring is 1. The van der Waals surface area contributed by atoms with Gasteiger partial charge in [-0.15, -0.1) is 0 Å². The van der Waals surface area contributed by atoms with Gasteiger partial charge >= 0.3 is 0 Å². The maximum absolute atomic E-state index is 12.0. The summed E-state index contributed by atoms with van der Waals surface area (Å²) in [7, 11) is 0. The van der Waals surface area contributed by atoms with Gasteiger partial charge < -0.3 is 15.7 Å². The van der Waals surface area contributed by atoms with Crippen molar-refractivity contribution in [3.63, 3.8) is 0 Å². The Kier molecular flexibility index (Phi) is 2.97. The number of hydrogen-bond donors (Lipinski definition) is 2. The third-order valence-electron chi connectivity index (χ3n) is 4.23. The minimum Gasteiger partial charge on any atom is -0.399 e. The third-order valence-corrected chi connectivity index (χ3v) is 4.23. The summed E-state index contributed by atoms with van der Waals surface area (Å²) >= 11 is 0. The summed E-state index contributed by atoms with van der Waals surface area (Å²) in [6.45, 7) is 1.05. The van der Waals surface area contributed by atoms with Gasteiger partial charge in [0.1, 0.15) is 5.60 Å². The fraction of sp³-hybridized carbons (Fsp3) is 0.533. The van der Waals surface area contributed by atoms with Crippen LogP contribution in [0.25, 0.3) is 0 Å². The predicted octanol–water partition coefficient (Wildman–Crippen LogP) is 1.18. The first-order chi connectivity index (χ1) is 9.07. The highest BCUT2D eigenvalue weighted by Crippen LogP contribution is 2.44. The zero-order valence-corrected chi connectivity index (χ0v) is 11.0. The second kappa shape index (κ2) is 4.53. The van der Waals surface area contributed by atoms with E-state index in [4.69, 9.17) is 5.73 Å². The number of anilines is 1. The lowest BCUT2D eigenvalue weighted by atomic mass is 9.88. The van der Waals surface area contributed by atoms with E-state index in [9.17, 15) is 9.90 Å². The van der Waals surface area contributed by atoms with Gasteiger partial charge in [0.2, 0.25) is 5.91 Å². The molecule has 1 saturated heterocycles. The van der Waals surface area contributed by atoms with E-state index in [0.717, 1.165) is 30.5 Å². The lowest BCUT2D eigenvalue weighted by Crippen LogP contribution is -2.64. The topological polar surface area (TPSA) is 66.6 Å². The smallest absolute Gasteiger partial charge is 0.223 e. The van der Waals surface area contributed by atoms with E-state index in [0.29, 0.717) is 25.4 Å². The average molecular weight is 260 g/mol. The number of likely N-dealkylation sites (tertiary alicyclic amines) is 1. The van der Waals surface area contributed by atoms with E-state index < -0.39 is 5.60 Å². The van der Waals surface area contributed by atoms with E-state index in [1.807, 2.05) is 24.3 Å². The molecule has 1 amide bonds. The molecule has 0 radical (unpaired) electrons. The van der Waals surface area contributed by atoms with Crippen molar-refractivity contribution in [3.05, 3.63) is 29.8 Å². The van der Waals surface area contributed by atoms with Crippen LogP contribution in [0.2, 0.25) is 0 Å². The Morgan fingerprint density at radius 3 is 2.53 bits per heavy atom. The van der Waals surface area contributed by atoms with Crippen LogP contribution >= 0.6 is 0 Å². The van der Waals surface area contributed by atoms with Crippen LogP contribution in [0.5, 0.6) is 0 Å². The van der Waals surface area contributed by atoms with Crippen LogP contribution in [0.3, 0.4) is 0 Å². The number of β-amino-alcohol motifs (C(OH)–C–C–N with tert-alkyl or cyclic N) is 1. The lowest BCUT2D eigenvalue weighted by Gasteiger charge is -2.47. The van der Waals surface area contributed by atoms with Crippen LogP contribution in [0.4, 0.5) is 5.69 Å². The minimum absolute atomic E-state index is 0.141. The summed E-state index contributed by atoms with van der Waals surface area (Å²) in [4.78, 5) is 13.8. The standard InChI is InChI=1S/C15H20N2O2/c16-13-6-1-11(2-7-13)3-8-14(18)17-9-15(19,10-17)12-4-5-12/h1-2,6-7,12,19H,3-5,8-10,16H2. The number of rotatable bonds is 4. The molecular weight excluding hydrogens is 240 g/mol. The maximum atomic E-state index is 12.0. The Balaban J connectivity index is 1.46. The third kappa shape index (κ3) is 2.59. The first-order valence-corrected chi connectivity index (χ1v) is 6.91. The number of carbonyl (C=O) groups excluding carboxylic acids is 1. The molecule has 0 atom stereocenters. The number of benzene rings is 1. The first-order valence-electron chi connectivity index (χ1n) is 6.91. The molecule has 3 N–H and O–H groups in total. The van der Waals surface area contributed by atoms with Crippen LogP contribution in [0.1, 0.15) is 24.8 Å². The summed E-state index contributed by atoms with van der Waals surface area (Å²) in [5, 5.41) is 10.2. The molecule has 102 valence electrons. The number of nitrogens with zero attached hydrogens (tertiary/aromatic N) is 1. The van der Waals surface area contributed by atoms with E-state index in [-0.39, 0.29) is 5.91 Å². The second-order valence-corrected chi connectivity index (χ2v) is 5.87. The number of aliphatic hydroxyl groups is 1. The van der Waals surface area contributed by atoms with Gasteiger partial charge in [0.05, 0.1) is 13.1 Å². The molecule has 1 aromatic carbocycles. The highest BCUT2D eigenvalue weighted by atomic mass is 16.3. The van der Waals surface area contributed by atoms with Crippen molar-refractivity contribution in [2.75, 3.05) is 18.8 Å². The van der Waals surface area contributed by atoms with Crippen LogP contribution < -0.4 is 5.73 Å². The fourth-order valence-electron chi connectivity index (χ4n) is 2.76. The highest BCUT2D eigenvalue weighted by Gasteiger charge is 2.52. The highest BCUT2D eigenvalue weighted by molar-refractivity contribution is 5.77. The van der Waals surface area contributed by atoms with Crippen molar-refractivity contribution in [1.29, 1.82) is 0 Å². The van der Waals surface area contributed by atoms with E-state index in [2.05, 4.69) is 0 Å². The van der Waals surface area contributed by atoms with Gasteiger partial charge in [0, 0.05) is 12.1 Å². The molecule has 0 aromatic heterocycles. The summed E-state index contributed by atoms with van der Waals surface area (Å²) in [5.74, 6) is 0.579. The Morgan fingerprint density at radius 1 is 1.32 bits per heavy atom. The van der Waals surface area contributed by atoms with Crippen molar-refractivity contribution >= 4 is 11.6 Å². The number of nitrogens with two attached hydrogens (primary N) is 1. The van der Waals surface area contributed by atoms with Gasteiger partial charge in [-0.2, -0.15) is 0 Å². The van der Waals surface area contributed by atoms with Gasteiger partial charge in [-0.25, -0.2) is 0 Å². The summed E-state index contributed by atoms with van der Waals surface area (Å²) < 4.78 is 0. The summed E-state index contributed by atoms with van der Waals surface area (Å²) in [5.41, 5.74) is 6.92. The van der Waals surface area contributed by atoms with Crippen LogP contribution in [0, 0.1) is 5.92 Å². The average Bonchev–Trinajstić information content (AvgIpc) is 3.18. The number of aryl methyl sites for hydroxylation is 1. The van der Waals surface area contributed by atoms with Crippen molar-refractivity contribution in [3.8, 4) is 0 Å². The van der Waals surface area contributed by atoms with E-state index in [1.165, 1.54) is 0 Å². The lowest BCUT2D eigenvalue weighted by molar-refractivity contribution is -0.159. The van der Waals surface area contributed by atoms with Gasteiger partial charge in [0.25, 0.3) is 0 Å². The normalized spacial score (nSPS) is 21.0. The molecular formula is C15H20N2O2. The molecule has 3 rings (SSSR count). The zero-order valence-electron chi connectivity index (χ0n) is 11.0. The Bertz CT molecular complexity index is 473. The fourth-order valence-corrected chi connectivity index (χ4v) is 2.76. The monoisotopic (exact) mass is 260 g/mol. The number of amides is 1. The van der Waals surface area contributed by atoms with Crippen molar-refractivity contribution in [2.45, 2.75) is 31.3 Å². The van der Waals surface area contributed by atoms with Crippen molar-refractivity contribution in [2.24, 2.45) is 5.92 Å². The molecule has 0 spiro atoms. The van der Waals surface area contributed by atoms with Crippen molar-refractivity contribution < 1.29 is 9.90 Å². The first kappa shape index (κ1) is 12.5. The van der Waals surface area contributed by atoms with Crippen molar-refractivity contribution in [1.82, 2.24) is 4.90 Å². The molecule has 0 unspecified atom stereocenters. The molecule has 1 saturated carbocycles. The van der Waals surface area contributed by atoms with E-state index in [1.54, 1.807) is 4.90 Å². The summed E-state index contributed by atoms with van der Waals surface area (Å²) in [6.07, 6.45) is 3.47. The Labute approximate surface area is 113 Å². The Hall–Kier alpha value is -1.55. The SMILES string of the molecule is Nc1ccc(CCC(=O)N2CC(O)(C3CC3)C2)cc1. The predicted molar refractivity (Wildman–Crippen MR) is 73.4 cm³/mol. The molecule has 1 aromatic rings. The van der Waals surface area contributed by atoms with Gasteiger partial charge in [-0.05, 0) is 42.9 Å². The number of hydrogen-bond acceptors (Lipinski definition) is 3. The second-order valence-electron chi connectivity index (χ2n) is 5.87. The molecule has 1 aliphatic heterocycles. The van der Waals surface area contributed by atoms with Gasteiger partial charge in [-0.3, -0.25) is 4.79 Å². The molecule has 2 aliphatic rings. The largest absolute Gasteiger partial charge is 0.399 e. The van der Waals surface area contributed by atoms with Gasteiger partial charge in [0.15, 0.2) is 0 Å². The summed E-state index contributed by atoms with van der Waals surface area (Å²) in [6, 6.07) is 7.63. The van der Waals surface area contributed by atoms with Crippen LogP contribution in [0.15, 0.2) is 24.3 Å². The molecule has 1 aliphatic carbocycles. The Morgan fingerprint density at radius 2 is 1.95 bits per heavy atom. The van der Waals surface area contributed by atoms with E-state index >= 15 is 0 Å². The van der Waals surface area contributed by atoms with Gasteiger partial charge in [-0.1, -0.05) is 12.1 Å². The quantitative estimate of drug-likeness (QED) is 0.799. The minimum atomic E-state index is -0.573. The zero-order chi connectivity index (χ0) is 13.5. The molecule has 1 heterocycles. The molecule has 2 fully saturated rings. The molecule has 4 nitrogen and oxygen atoms in total. The van der Waals surface area contributed by atoms with Crippen LogP contribution in [-0.2, 0) is 11.2 Å². The molecule has 4 heteroatoms. The van der Waals surface area contributed by atoms with Crippen LogP contribution in [-0.4, -0.2) is 34.6 Å². The maximum Gasteiger partial charge on any atom is 0.223 e. The number of carbonyl (C=O) groups is 1. The molecule has 0 bridgehead atoms.